The summed E-state index contributed by atoms with van der Waals surface area (Å²) in [5, 5.41) is 7.02. The molecule has 6 nitrogen and oxygen atoms in total. The topological polar surface area (TPSA) is 77.3 Å². The Bertz CT molecular complexity index is 948. The monoisotopic (exact) mass is 393 g/mol. The van der Waals surface area contributed by atoms with E-state index in [0.29, 0.717) is 23.8 Å². The number of aryl methyl sites for hydroxylation is 3. The lowest BCUT2D eigenvalue weighted by Gasteiger charge is -2.07. The zero-order chi connectivity index (χ0) is 20.6. The normalized spacial score (nSPS) is 10.7. The van der Waals surface area contributed by atoms with Crippen molar-refractivity contribution in [2.24, 2.45) is 0 Å². The molecule has 0 saturated carbocycles. The van der Waals surface area contributed by atoms with Gasteiger partial charge in [0.25, 0.3) is 5.91 Å². The Balaban J connectivity index is 1.37. The molecule has 0 bridgehead atoms. The minimum absolute atomic E-state index is 0.0193. The quantitative estimate of drug-likeness (QED) is 0.542. The second kappa shape index (κ2) is 9.87. The minimum Gasteiger partial charge on any atom is -0.497 e. The van der Waals surface area contributed by atoms with Gasteiger partial charge in [-0.25, -0.2) is 0 Å². The first-order valence-corrected chi connectivity index (χ1v) is 9.89. The summed E-state index contributed by atoms with van der Waals surface area (Å²) in [6.07, 6.45) is 3.56. The number of benzene rings is 2. The molecular formula is C23H27N3O3. The molecule has 0 spiro atoms. The standard InChI is InChI=1S/C23H27N3O3/c1-16-8-9-19(15-17(16)2)23(27)24-14-6-4-5-7-21-25-22(26-29-21)18-10-12-20(28-3)13-11-18/h8-13,15H,4-7,14H2,1-3H3,(H,24,27). The lowest BCUT2D eigenvalue weighted by atomic mass is 10.1. The SMILES string of the molecule is COc1ccc(-c2noc(CCCCCNC(=O)c3ccc(C)c(C)c3)n2)cc1. The van der Waals surface area contributed by atoms with Crippen LogP contribution in [-0.2, 0) is 6.42 Å². The van der Waals surface area contributed by atoms with Gasteiger partial charge >= 0.3 is 0 Å². The van der Waals surface area contributed by atoms with Crippen LogP contribution in [0.5, 0.6) is 5.75 Å². The molecule has 0 saturated heterocycles. The van der Waals surface area contributed by atoms with Crippen molar-refractivity contribution in [3.8, 4) is 17.1 Å². The second-order valence-corrected chi connectivity index (χ2v) is 7.11. The molecule has 0 aliphatic rings. The Labute approximate surface area is 171 Å². The molecule has 3 aromatic rings. The molecule has 0 aliphatic heterocycles. The molecule has 0 radical (unpaired) electrons. The first kappa shape index (κ1) is 20.6. The molecule has 152 valence electrons. The maximum atomic E-state index is 12.2. The van der Waals surface area contributed by atoms with Crippen LogP contribution < -0.4 is 10.1 Å². The van der Waals surface area contributed by atoms with E-state index in [0.717, 1.165) is 42.6 Å². The molecule has 29 heavy (non-hydrogen) atoms. The smallest absolute Gasteiger partial charge is 0.251 e. The number of nitrogens with one attached hydrogen (secondary N) is 1. The largest absolute Gasteiger partial charge is 0.497 e. The number of hydrogen-bond acceptors (Lipinski definition) is 5. The maximum Gasteiger partial charge on any atom is 0.251 e. The van der Waals surface area contributed by atoms with Gasteiger partial charge in [-0.2, -0.15) is 4.98 Å². The van der Waals surface area contributed by atoms with E-state index in [1.54, 1.807) is 7.11 Å². The van der Waals surface area contributed by atoms with E-state index >= 15 is 0 Å². The highest BCUT2D eigenvalue weighted by molar-refractivity contribution is 5.94. The molecule has 0 unspecified atom stereocenters. The highest BCUT2D eigenvalue weighted by Crippen LogP contribution is 2.20. The third-order valence-corrected chi connectivity index (χ3v) is 4.94. The number of rotatable bonds is 9. The van der Waals surface area contributed by atoms with Crippen LogP contribution >= 0.6 is 0 Å². The van der Waals surface area contributed by atoms with E-state index in [-0.39, 0.29) is 5.91 Å². The number of methoxy groups -OCH3 is 1. The zero-order valence-corrected chi connectivity index (χ0v) is 17.2. The summed E-state index contributed by atoms with van der Waals surface area (Å²) in [7, 11) is 1.64. The van der Waals surface area contributed by atoms with E-state index in [2.05, 4.69) is 15.5 Å². The van der Waals surface area contributed by atoms with Crippen molar-refractivity contribution >= 4 is 5.91 Å². The molecule has 1 amide bonds. The molecule has 1 N–H and O–H groups in total. The number of ether oxygens (including phenoxy) is 1. The van der Waals surface area contributed by atoms with Gasteiger partial charge in [-0.3, -0.25) is 4.79 Å². The average Bonchev–Trinajstić information content (AvgIpc) is 3.21. The van der Waals surface area contributed by atoms with E-state index in [9.17, 15) is 4.79 Å². The third kappa shape index (κ3) is 5.67. The second-order valence-electron chi connectivity index (χ2n) is 7.11. The number of nitrogens with zero attached hydrogens (tertiary/aromatic N) is 2. The van der Waals surface area contributed by atoms with Crippen LogP contribution in [0, 0.1) is 13.8 Å². The highest BCUT2D eigenvalue weighted by Gasteiger charge is 2.09. The van der Waals surface area contributed by atoms with Crippen molar-refractivity contribution in [1.29, 1.82) is 0 Å². The van der Waals surface area contributed by atoms with E-state index in [1.165, 1.54) is 5.56 Å². The molecule has 6 heteroatoms. The summed E-state index contributed by atoms with van der Waals surface area (Å²) in [5.74, 6) is 1.99. The lowest BCUT2D eigenvalue weighted by Crippen LogP contribution is -2.24. The van der Waals surface area contributed by atoms with Crippen LogP contribution in [0.25, 0.3) is 11.4 Å². The lowest BCUT2D eigenvalue weighted by molar-refractivity contribution is 0.0953. The number of hydrogen-bond donors (Lipinski definition) is 1. The first-order chi connectivity index (χ1) is 14.1. The van der Waals surface area contributed by atoms with E-state index < -0.39 is 0 Å². The third-order valence-electron chi connectivity index (χ3n) is 4.94. The number of carbonyl (C=O) groups excluding carboxylic acids is 1. The molecule has 3 rings (SSSR count). The van der Waals surface area contributed by atoms with Crippen molar-refractivity contribution in [3.05, 3.63) is 65.0 Å². The number of carbonyl (C=O) groups is 1. The maximum absolute atomic E-state index is 12.2. The summed E-state index contributed by atoms with van der Waals surface area (Å²) in [4.78, 5) is 16.6. The number of amides is 1. The van der Waals surface area contributed by atoms with Gasteiger partial charge < -0.3 is 14.6 Å². The molecule has 1 aromatic heterocycles. The van der Waals surface area contributed by atoms with Crippen molar-refractivity contribution in [3.63, 3.8) is 0 Å². The van der Waals surface area contributed by atoms with Crippen LogP contribution in [0.3, 0.4) is 0 Å². The molecule has 0 atom stereocenters. The zero-order valence-electron chi connectivity index (χ0n) is 17.2. The van der Waals surface area contributed by atoms with Gasteiger partial charge in [0, 0.05) is 24.1 Å². The van der Waals surface area contributed by atoms with Gasteiger partial charge in [0.15, 0.2) is 0 Å². The van der Waals surface area contributed by atoms with Gasteiger partial charge in [0.2, 0.25) is 11.7 Å². The molecular weight excluding hydrogens is 366 g/mol. The summed E-state index contributed by atoms with van der Waals surface area (Å²) in [5.41, 5.74) is 3.93. The Morgan fingerprint density at radius 1 is 1.03 bits per heavy atom. The Morgan fingerprint density at radius 2 is 1.83 bits per heavy atom. The number of aromatic nitrogens is 2. The van der Waals surface area contributed by atoms with Crippen LogP contribution in [0.2, 0.25) is 0 Å². The van der Waals surface area contributed by atoms with Crippen molar-refractivity contribution < 1.29 is 14.1 Å². The Hall–Kier alpha value is -3.15. The van der Waals surface area contributed by atoms with Gasteiger partial charge in [-0.15, -0.1) is 0 Å². The molecule has 0 fully saturated rings. The highest BCUT2D eigenvalue weighted by atomic mass is 16.5. The first-order valence-electron chi connectivity index (χ1n) is 9.89. The summed E-state index contributed by atoms with van der Waals surface area (Å²) >= 11 is 0. The van der Waals surface area contributed by atoms with Crippen molar-refractivity contribution in [1.82, 2.24) is 15.5 Å². The summed E-state index contributed by atoms with van der Waals surface area (Å²) in [6.45, 7) is 4.72. The van der Waals surface area contributed by atoms with E-state index in [1.807, 2.05) is 56.3 Å². The fourth-order valence-corrected chi connectivity index (χ4v) is 2.98. The van der Waals surface area contributed by atoms with Crippen molar-refractivity contribution in [2.75, 3.05) is 13.7 Å². The van der Waals surface area contributed by atoms with Gasteiger partial charge in [-0.05, 0) is 74.2 Å². The molecule has 1 heterocycles. The fraction of sp³-hybridized carbons (Fsp3) is 0.348. The average molecular weight is 393 g/mol. The summed E-state index contributed by atoms with van der Waals surface area (Å²) < 4.78 is 10.5. The van der Waals surface area contributed by atoms with Gasteiger partial charge in [0.05, 0.1) is 7.11 Å². The van der Waals surface area contributed by atoms with Crippen LogP contribution in [0.4, 0.5) is 0 Å². The fourth-order valence-electron chi connectivity index (χ4n) is 2.98. The predicted octanol–water partition coefficient (Wildman–Crippen LogP) is 4.50. The molecule has 0 aliphatic carbocycles. The predicted molar refractivity (Wildman–Crippen MR) is 112 cm³/mol. The van der Waals surface area contributed by atoms with Crippen molar-refractivity contribution in [2.45, 2.75) is 39.5 Å². The van der Waals surface area contributed by atoms with Crippen LogP contribution in [0.15, 0.2) is 47.0 Å². The number of unbranched alkanes of at least 4 members (excludes halogenated alkanes) is 2. The van der Waals surface area contributed by atoms with Crippen LogP contribution in [0.1, 0.15) is 46.6 Å². The van der Waals surface area contributed by atoms with Gasteiger partial charge in [0.1, 0.15) is 5.75 Å². The molecule has 2 aromatic carbocycles. The van der Waals surface area contributed by atoms with Crippen LogP contribution in [-0.4, -0.2) is 29.7 Å². The minimum atomic E-state index is -0.0193. The summed E-state index contributed by atoms with van der Waals surface area (Å²) in [6, 6.07) is 13.3. The van der Waals surface area contributed by atoms with Gasteiger partial charge in [-0.1, -0.05) is 17.6 Å². The van der Waals surface area contributed by atoms with E-state index in [4.69, 9.17) is 9.26 Å². The Morgan fingerprint density at radius 3 is 2.55 bits per heavy atom. The Kier molecular flexibility index (Phi) is 7.00.